The molecule has 0 aromatic heterocycles. The summed E-state index contributed by atoms with van der Waals surface area (Å²) in [6.07, 6.45) is 1.93. The summed E-state index contributed by atoms with van der Waals surface area (Å²) in [5.41, 5.74) is 0.272. The summed E-state index contributed by atoms with van der Waals surface area (Å²) in [6.45, 7) is 0.276. The zero-order chi connectivity index (χ0) is 21.9. The SMILES string of the molecule is COCCNC(=O)CSc1ccccc1C(=O)OCC(=O)N(C)CC(=O)NC1CC1. The van der Waals surface area contributed by atoms with Gasteiger partial charge in [0.15, 0.2) is 6.61 Å². The van der Waals surface area contributed by atoms with Crippen molar-refractivity contribution < 1.29 is 28.7 Å². The van der Waals surface area contributed by atoms with Gasteiger partial charge in [-0.25, -0.2) is 4.79 Å². The van der Waals surface area contributed by atoms with Gasteiger partial charge in [-0.2, -0.15) is 0 Å². The number of nitrogens with zero attached hydrogens (tertiary/aromatic N) is 1. The van der Waals surface area contributed by atoms with E-state index < -0.39 is 18.5 Å². The van der Waals surface area contributed by atoms with E-state index in [-0.39, 0.29) is 35.7 Å². The zero-order valence-corrected chi connectivity index (χ0v) is 18.0. The first kappa shape index (κ1) is 23.7. The first-order chi connectivity index (χ1) is 14.4. The smallest absolute Gasteiger partial charge is 0.339 e. The van der Waals surface area contributed by atoms with Gasteiger partial charge in [0.25, 0.3) is 5.91 Å². The highest BCUT2D eigenvalue weighted by molar-refractivity contribution is 8.00. The standard InChI is InChI=1S/C20H27N3O6S/c1-23(11-17(24)22-14-7-8-14)19(26)12-29-20(27)15-5-3-4-6-16(15)30-13-18(25)21-9-10-28-2/h3-6,14H,7-13H2,1-2H3,(H,21,25)(H,22,24). The monoisotopic (exact) mass is 437 g/mol. The zero-order valence-electron chi connectivity index (χ0n) is 17.1. The van der Waals surface area contributed by atoms with Gasteiger partial charge in [0.2, 0.25) is 11.8 Å². The van der Waals surface area contributed by atoms with E-state index in [9.17, 15) is 19.2 Å². The normalized spacial score (nSPS) is 12.7. The van der Waals surface area contributed by atoms with Crippen molar-refractivity contribution in [2.24, 2.45) is 0 Å². The van der Waals surface area contributed by atoms with Crippen molar-refractivity contribution in [2.75, 3.05) is 46.2 Å². The van der Waals surface area contributed by atoms with Gasteiger partial charge in [-0.15, -0.1) is 11.8 Å². The summed E-state index contributed by atoms with van der Waals surface area (Å²) in [5, 5.41) is 5.50. The highest BCUT2D eigenvalue weighted by atomic mass is 32.2. The summed E-state index contributed by atoms with van der Waals surface area (Å²) in [4.78, 5) is 50.0. The molecule has 2 rings (SSSR count). The number of nitrogens with one attached hydrogen (secondary N) is 2. The average molecular weight is 438 g/mol. The Morgan fingerprint density at radius 1 is 1.17 bits per heavy atom. The average Bonchev–Trinajstić information content (AvgIpc) is 3.54. The predicted octanol–water partition coefficient (Wildman–Crippen LogP) is 0.435. The number of benzene rings is 1. The van der Waals surface area contributed by atoms with Crippen LogP contribution in [0.25, 0.3) is 0 Å². The number of rotatable bonds is 12. The van der Waals surface area contributed by atoms with Gasteiger partial charge >= 0.3 is 5.97 Å². The lowest BCUT2D eigenvalue weighted by Gasteiger charge is -2.17. The third-order valence-electron chi connectivity index (χ3n) is 4.17. The molecule has 9 nitrogen and oxygen atoms in total. The Morgan fingerprint density at radius 3 is 2.60 bits per heavy atom. The van der Waals surface area contributed by atoms with Crippen molar-refractivity contribution in [1.29, 1.82) is 0 Å². The molecule has 1 aliphatic rings. The van der Waals surface area contributed by atoms with E-state index >= 15 is 0 Å². The number of likely N-dealkylation sites (N-methyl/N-ethyl adjacent to an activating group) is 1. The summed E-state index contributed by atoms with van der Waals surface area (Å²) in [5.74, 6) is -1.42. The van der Waals surface area contributed by atoms with Crippen LogP contribution in [0.2, 0.25) is 0 Å². The first-order valence-electron chi connectivity index (χ1n) is 9.58. The van der Waals surface area contributed by atoms with E-state index in [0.29, 0.717) is 18.0 Å². The maximum atomic E-state index is 12.4. The molecular weight excluding hydrogens is 410 g/mol. The molecule has 1 aliphatic carbocycles. The summed E-state index contributed by atoms with van der Waals surface area (Å²) >= 11 is 1.20. The fraction of sp³-hybridized carbons (Fsp3) is 0.500. The minimum absolute atomic E-state index is 0.0858. The topological polar surface area (TPSA) is 114 Å². The number of esters is 1. The maximum Gasteiger partial charge on any atom is 0.339 e. The Morgan fingerprint density at radius 2 is 1.90 bits per heavy atom. The first-order valence-corrected chi connectivity index (χ1v) is 10.6. The number of carbonyl (C=O) groups is 4. The lowest BCUT2D eigenvalue weighted by molar-refractivity contribution is -0.137. The molecule has 30 heavy (non-hydrogen) atoms. The van der Waals surface area contributed by atoms with Crippen LogP contribution in [0, 0.1) is 0 Å². The second-order valence-electron chi connectivity index (χ2n) is 6.80. The lowest BCUT2D eigenvalue weighted by Crippen LogP contribution is -2.40. The van der Waals surface area contributed by atoms with Crippen molar-refractivity contribution in [1.82, 2.24) is 15.5 Å². The molecule has 0 unspecified atom stereocenters. The van der Waals surface area contributed by atoms with Crippen molar-refractivity contribution >= 4 is 35.5 Å². The fourth-order valence-electron chi connectivity index (χ4n) is 2.37. The number of thioether (sulfide) groups is 1. The van der Waals surface area contributed by atoms with Crippen LogP contribution in [-0.4, -0.2) is 80.8 Å². The highest BCUT2D eigenvalue weighted by Gasteiger charge is 2.24. The molecule has 0 radical (unpaired) electrons. The lowest BCUT2D eigenvalue weighted by atomic mass is 10.2. The molecule has 1 aromatic carbocycles. The molecule has 1 fully saturated rings. The molecule has 0 spiro atoms. The Bertz CT molecular complexity index is 769. The van der Waals surface area contributed by atoms with Crippen molar-refractivity contribution in [3.05, 3.63) is 29.8 Å². The molecule has 0 aliphatic heterocycles. The third-order valence-corrected chi connectivity index (χ3v) is 5.24. The summed E-state index contributed by atoms with van der Waals surface area (Å²) < 4.78 is 9.99. The van der Waals surface area contributed by atoms with Gasteiger partial charge in [0.1, 0.15) is 0 Å². The Balaban J connectivity index is 1.80. The molecule has 3 amide bonds. The fourth-order valence-corrected chi connectivity index (χ4v) is 3.24. The molecule has 0 saturated heterocycles. The number of ether oxygens (including phenoxy) is 2. The number of hydrogen-bond donors (Lipinski definition) is 2. The minimum Gasteiger partial charge on any atom is -0.452 e. The molecule has 0 bridgehead atoms. The van der Waals surface area contributed by atoms with Gasteiger partial charge in [0, 0.05) is 31.6 Å². The van der Waals surface area contributed by atoms with E-state index in [1.54, 1.807) is 31.4 Å². The van der Waals surface area contributed by atoms with Crippen LogP contribution >= 0.6 is 11.8 Å². The molecule has 10 heteroatoms. The Hall–Kier alpha value is -2.59. The van der Waals surface area contributed by atoms with Gasteiger partial charge in [0.05, 0.1) is 24.5 Å². The van der Waals surface area contributed by atoms with Crippen LogP contribution in [0.15, 0.2) is 29.2 Å². The largest absolute Gasteiger partial charge is 0.452 e. The number of carbonyl (C=O) groups excluding carboxylic acids is 4. The van der Waals surface area contributed by atoms with Crippen molar-refractivity contribution in [3.8, 4) is 0 Å². The van der Waals surface area contributed by atoms with E-state index in [1.165, 1.54) is 23.7 Å². The van der Waals surface area contributed by atoms with Crippen LogP contribution in [0.3, 0.4) is 0 Å². The van der Waals surface area contributed by atoms with Crippen LogP contribution in [-0.2, 0) is 23.9 Å². The molecule has 2 N–H and O–H groups in total. The number of amides is 3. The second kappa shape index (κ2) is 12.2. The van der Waals surface area contributed by atoms with Crippen molar-refractivity contribution in [2.45, 2.75) is 23.8 Å². The third kappa shape index (κ3) is 8.42. The van der Waals surface area contributed by atoms with E-state index in [2.05, 4.69) is 10.6 Å². The van der Waals surface area contributed by atoms with Crippen LogP contribution < -0.4 is 10.6 Å². The van der Waals surface area contributed by atoms with Gasteiger partial charge in [-0.3, -0.25) is 14.4 Å². The van der Waals surface area contributed by atoms with Gasteiger partial charge in [-0.05, 0) is 25.0 Å². The van der Waals surface area contributed by atoms with E-state index in [0.717, 1.165) is 12.8 Å². The molecular formula is C20H27N3O6S. The molecule has 1 saturated carbocycles. The summed E-state index contributed by atoms with van der Waals surface area (Å²) in [7, 11) is 3.03. The molecule has 0 atom stereocenters. The number of hydrogen-bond acceptors (Lipinski definition) is 7. The minimum atomic E-state index is -0.665. The Kier molecular flexibility index (Phi) is 9.62. The van der Waals surface area contributed by atoms with Crippen LogP contribution in [0.1, 0.15) is 23.2 Å². The van der Waals surface area contributed by atoms with Crippen LogP contribution in [0.5, 0.6) is 0 Å². The number of methoxy groups -OCH3 is 1. The van der Waals surface area contributed by atoms with E-state index in [1.807, 2.05) is 0 Å². The predicted molar refractivity (Wildman–Crippen MR) is 111 cm³/mol. The Labute approximate surface area is 179 Å². The second-order valence-corrected chi connectivity index (χ2v) is 7.81. The summed E-state index contributed by atoms with van der Waals surface area (Å²) in [6, 6.07) is 6.93. The maximum absolute atomic E-state index is 12.4. The molecule has 1 aromatic rings. The molecule has 0 heterocycles. The van der Waals surface area contributed by atoms with E-state index in [4.69, 9.17) is 9.47 Å². The van der Waals surface area contributed by atoms with Crippen molar-refractivity contribution in [3.63, 3.8) is 0 Å². The quantitative estimate of drug-likeness (QED) is 0.277. The molecule has 164 valence electrons. The van der Waals surface area contributed by atoms with Crippen LogP contribution in [0.4, 0.5) is 0 Å². The van der Waals surface area contributed by atoms with Gasteiger partial charge < -0.3 is 25.0 Å². The highest BCUT2D eigenvalue weighted by Crippen LogP contribution is 2.23. The van der Waals surface area contributed by atoms with Gasteiger partial charge in [-0.1, -0.05) is 12.1 Å².